The lowest BCUT2D eigenvalue weighted by atomic mass is 9.74. The molecule has 1 aliphatic carbocycles. The summed E-state index contributed by atoms with van der Waals surface area (Å²) in [4.78, 5) is 26.5. The van der Waals surface area contributed by atoms with Crippen molar-refractivity contribution in [2.75, 3.05) is 14.2 Å². The SMILES string of the molecule is COC1=CC(C=O)C(c2c[nH]c3ccccc23)([N+](=O)[O-])C(OC)=C1. The number of H-pyrrole nitrogens is 1. The molecule has 0 saturated heterocycles. The van der Waals surface area contributed by atoms with Gasteiger partial charge >= 0.3 is 5.54 Å². The molecule has 0 amide bonds. The molecule has 2 unspecified atom stereocenters. The molecule has 0 aliphatic heterocycles. The molecule has 0 radical (unpaired) electrons. The van der Waals surface area contributed by atoms with Crippen molar-refractivity contribution in [3.63, 3.8) is 0 Å². The third-order valence-corrected chi connectivity index (χ3v) is 4.37. The number of fused-ring (bicyclic) bond motifs is 1. The number of aldehydes is 1. The number of hydrogen-bond donors (Lipinski definition) is 1. The lowest BCUT2D eigenvalue weighted by Crippen LogP contribution is -2.46. The highest BCUT2D eigenvalue weighted by molar-refractivity contribution is 5.85. The summed E-state index contributed by atoms with van der Waals surface area (Å²) in [6.07, 6.45) is 5.00. The van der Waals surface area contributed by atoms with Crippen LogP contribution in [0.25, 0.3) is 10.9 Å². The number of nitrogens with one attached hydrogen (secondary N) is 1. The number of nitro groups is 1. The molecule has 1 heterocycles. The molecule has 1 N–H and O–H groups in total. The normalized spacial score (nSPS) is 23.3. The van der Waals surface area contributed by atoms with Gasteiger partial charge < -0.3 is 19.3 Å². The topological polar surface area (TPSA) is 94.5 Å². The van der Waals surface area contributed by atoms with Crippen LogP contribution in [0.5, 0.6) is 0 Å². The van der Waals surface area contributed by atoms with Gasteiger partial charge in [0, 0.05) is 28.1 Å². The molecule has 1 aromatic carbocycles. The van der Waals surface area contributed by atoms with E-state index in [0.29, 0.717) is 23.0 Å². The van der Waals surface area contributed by atoms with Crippen LogP contribution in [0, 0.1) is 16.0 Å². The predicted octanol–water partition coefficient (Wildman–Crippen LogP) is 2.53. The zero-order valence-corrected chi connectivity index (χ0v) is 13.2. The fraction of sp³-hybridized carbons (Fsp3) is 0.235. The van der Waals surface area contributed by atoms with Crippen LogP contribution in [0.4, 0.5) is 0 Å². The number of rotatable bonds is 5. The zero-order valence-electron chi connectivity index (χ0n) is 13.2. The highest BCUT2D eigenvalue weighted by Gasteiger charge is 2.59. The second kappa shape index (κ2) is 5.84. The third kappa shape index (κ3) is 2.01. The molecule has 1 aromatic heterocycles. The van der Waals surface area contributed by atoms with Crippen LogP contribution in [-0.2, 0) is 19.8 Å². The summed E-state index contributed by atoms with van der Waals surface area (Å²) in [5, 5.41) is 12.9. The van der Waals surface area contributed by atoms with Crippen molar-refractivity contribution in [1.82, 2.24) is 4.98 Å². The first-order valence-electron chi connectivity index (χ1n) is 7.28. The van der Waals surface area contributed by atoms with Crippen molar-refractivity contribution < 1.29 is 19.2 Å². The van der Waals surface area contributed by atoms with Crippen molar-refractivity contribution in [1.29, 1.82) is 0 Å². The smallest absolute Gasteiger partial charge is 0.317 e. The van der Waals surface area contributed by atoms with E-state index >= 15 is 0 Å². The summed E-state index contributed by atoms with van der Waals surface area (Å²) in [5.74, 6) is -0.670. The molecule has 7 nitrogen and oxygen atoms in total. The quantitative estimate of drug-likeness (QED) is 0.517. The van der Waals surface area contributed by atoms with Gasteiger partial charge in [-0.2, -0.15) is 0 Å². The molecule has 1 aliphatic rings. The zero-order chi connectivity index (χ0) is 17.3. The molecule has 24 heavy (non-hydrogen) atoms. The predicted molar refractivity (Wildman–Crippen MR) is 86.7 cm³/mol. The molecule has 2 aromatic rings. The molecule has 0 spiro atoms. The van der Waals surface area contributed by atoms with E-state index in [1.165, 1.54) is 26.4 Å². The highest BCUT2D eigenvalue weighted by Crippen LogP contribution is 2.46. The minimum atomic E-state index is -1.85. The Hall–Kier alpha value is -3.09. The van der Waals surface area contributed by atoms with E-state index in [0.717, 1.165) is 5.52 Å². The van der Waals surface area contributed by atoms with E-state index in [9.17, 15) is 14.9 Å². The van der Waals surface area contributed by atoms with E-state index < -0.39 is 16.4 Å². The van der Waals surface area contributed by atoms with Crippen LogP contribution in [0.1, 0.15) is 5.56 Å². The number of para-hydroxylation sites is 1. The second-order valence-corrected chi connectivity index (χ2v) is 5.42. The van der Waals surface area contributed by atoms with Crippen molar-refractivity contribution >= 4 is 17.2 Å². The van der Waals surface area contributed by atoms with Gasteiger partial charge in [0.2, 0.25) is 0 Å². The highest BCUT2D eigenvalue weighted by atomic mass is 16.6. The summed E-state index contributed by atoms with van der Waals surface area (Å²) in [6, 6.07) is 7.21. The number of benzene rings is 1. The largest absolute Gasteiger partial charge is 0.497 e. The van der Waals surface area contributed by atoms with E-state index in [-0.39, 0.29) is 5.76 Å². The van der Waals surface area contributed by atoms with Crippen molar-refractivity contribution in [2.45, 2.75) is 5.54 Å². The molecule has 2 atom stereocenters. The fourth-order valence-electron chi connectivity index (χ4n) is 3.24. The number of aromatic amines is 1. The first-order chi connectivity index (χ1) is 11.6. The minimum absolute atomic E-state index is 0.0497. The maximum atomic E-state index is 12.2. The van der Waals surface area contributed by atoms with Gasteiger partial charge in [-0.05, 0) is 12.1 Å². The van der Waals surface area contributed by atoms with E-state index in [1.807, 2.05) is 12.1 Å². The van der Waals surface area contributed by atoms with Gasteiger partial charge in [-0.3, -0.25) is 10.1 Å². The summed E-state index contributed by atoms with van der Waals surface area (Å²) in [5.41, 5.74) is -0.729. The average Bonchev–Trinajstić information content (AvgIpc) is 3.04. The Labute approximate surface area is 137 Å². The van der Waals surface area contributed by atoms with Gasteiger partial charge in [0.1, 0.15) is 18.0 Å². The molecule has 0 fully saturated rings. The van der Waals surface area contributed by atoms with Crippen LogP contribution in [-0.4, -0.2) is 30.4 Å². The van der Waals surface area contributed by atoms with Gasteiger partial charge in [-0.1, -0.05) is 18.2 Å². The number of ether oxygens (including phenoxy) is 2. The van der Waals surface area contributed by atoms with E-state index in [1.54, 1.807) is 18.3 Å². The maximum absolute atomic E-state index is 12.2. The number of hydrogen-bond acceptors (Lipinski definition) is 5. The monoisotopic (exact) mass is 328 g/mol. The number of allylic oxidation sites excluding steroid dienone is 1. The molecule has 3 rings (SSSR count). The number of carbonyl (C=O) groups excluding carboxylic acids is 1. The second-order valence-electron chi connectivity index (χ2n) is 5.42. The molecular weight excluding hydrogens is 312 g/mol. The maximum Gasteiger partial charge on any atom is 0.317 e. The Bertz CT molecular complexity index is 867. The Morgan fingerprint density at radius 2 is 2.04 bits per heavy atom. The summed E-state index contributed by atoms with van der Waals surface area (Å²) < 4.78 is 10.5. The Morgan fingerprint density at radius 1 is 1.29 bits per heavy atom. The van der Waals surface area contributed by atoms with Crippen molar-refractivity contribution in [3.8, 4) is 0 Å². The Morgan fingerprint density at radius 3 is 2.67 bits per heavy atom. The summed E-state index contributed by atoms with van der Waals surface area (Å²) in [7, 11) is 2.78. The minimum Gasteiger partial charge on any atom is -0.497 e. The summed E-state index contributed by atoms with van der Waals surface area (Å²) in [6.45, 7) is 0. The van der Waals surface area contributed by atoms with Crippen LogP contribution >= 0.6 is 0 Å². The summed E-state index contributed by atoms with van der Waals surface area (Å²) >= 11 is 0. The Kier molecular flexibility index (Phi) is 3.84. The van der Waals surface area contributed by atoms with E-state index in [4.69, 9.17) is 9.47 Å². The molecular formula is C17H16N2O5. The molecule has 124 valence electrons. The lowest BCUT2D eigenvalue weighted by Gasteiger charge is -2.32. The van der Waals surface area contributed by atoms with Gasteiger partial charge in [0.15, 0.2) is 5.76 Å². The number of aromatic nitrogens is 1. The first kappa shape index (κ1) is 15.8. The lowest BCUT2D eigenvalue weighted by molar-refractivity contribution is -0.577. The average molecular weight is 328 g/mol. The number of carbonyl (C=O) groups is 1. The van der Waals surface area contributed by atoms with Crippen LogP contribution in [0.2, 0.25) is 0 Å². The van der Waals surface area contributed by atoms with Gasteiger partial charge in [0.05, 0.1) is 19.8 Å². The molecule has 0 saturated carbocycles. The fourth-order valence-corrected chi connectivity index (χ4v) is 3.24. The van der Waals surface area contributed by atoms with E-state index in [2.05, 4.69) is 4.98 Å². The first-order valence-corrected chi connectivity index (χ1v) is 7.28. The van der Waals surface area contributed by atoms with Gasteiger partial charge in [0.25, 0.3) is 0 Å². The third-order valence-electron chi connectivity index (χ3n) is 4.37. The molecule has 7 heteroatoms. The van der Waals surface area contributed by atoms with Crippen LogP contribution in [0.15, 0.2) is 54.1 Å². The standard InChI is InChI=1S/C17H16N2O5/c1-23-12-7-11(10-20)17(19(21)22,16(8-12)24-2)14-9-18-15-6-4-3-5-13(14)15/h3-11,18H,1-2H3. The number of nitrogens with zero attached hydrogens (tertiary/aromatic N) is 1. The Balaban J connectivity index is 2.36. The molecule has 0 bridgehead atoms. The van der Waals surface area contributed by atoms with Crippen molar-refractivity contribution in [2.24, 2.45) is 5.92 Å². The van der Waals surface area contributed by atoms with Gasteiger partial charge in [-0.15, -0.1) is 0 Å². The number of methoxy groups -OCH3 is 2. The van der Waals surface area contributed by atoms with Gasteiger partial charge in [-0.25, -0.2) is 0 Å². The van der Waals surface area contributed by atoms with Crippen molar-refractivity contribution in [3.05, 3.63) is 69.8 Å². The van der Waals surface area contributed by atoms with Crippen LogP contribution < -0.4 is 0 Å². The van der Waals surface area contributed by atoms with Crippen LogP contribution in [0.3, 0.4) is 0 Å².